The van der Waals surface area contributed by atoms with Crippen molar-refractivity contribution in [2.75, 3.05) is 26.4 Å². The topological polar surface area (TPSA) is 49.8 Å². The van der Waals surface area contributed by atoms with Gasteiger partial charge in [-0.05, 0) is 19.3 Å². The molecule has 1 heterocycles. The molecule has 1 aliphatic heterocycles. The van der Waals surface area contributed by atoms with Crippen LogP contribution in [0.3, 0.4) is 0 Å². The number of amides is 1. The van der Waals surface area contributed by atoms with Crippen molar-refractivity contribution in [3.8, 4) is 0 Å². The van der Waals surface area contributed by atoms with E-state index < -0.39 is 0 Å². The summed E-state index contributed by atoms with van der Waals surface area (Å²) >= 11 is 0. The quantitative estimate of drug-likeness (QED) is 0.655. The molecule has 4 heteroatoms. The number of carbonyl (C=O) groups excluding carboxylic acids is 1. The van der Waals surface area contributed by atoms with Crippen molar-refractivity contribution < 1.29 is 14.6 Å². The first-order valence-electron chi connectivity index (χ1n) is 5.21. The molecule has 1 unspecified atom stereocenters. The molecule has 1 atom stereocenters. The van der Waals surface area contributed by atoms with Crippen LogP contribution in [0.15, 0.2) is 0 Å². The maximum Gasteiger partial charge on any atom is 0.219 e. The van der Waals surface area contributed by atoms with E-state index in [2.05, 4.69) is 0 Å². The molecule has 4 nitrogen and oxygen atoms in total. The maximum atomic E-state index is 11.2. The molecule has 0 spiro atoms. The second kappa shape index (κ2) is 5.98. The van der Waals surface area contributed by atoms with Crippen LogP contribution < -0.4 is 0 Å². The number of hydrogen-bond acceptors (Lipinski definition) is 3. The van der Waals surface area contributed by atoms with Crippen molar-refractivity contribution in [1.29, 1.82) is 0 Å². The van der Waals surface area contributed by atoms with E-state index in [9.17, 15) is 4.79 Å². The second-order valence-corrected chi connectivity index (χ2v) is 3.66. The molecule has 1 amide bonds. The Morgan fingerprint density at radius 3 is 3.07 bits per heavy atom. The predicted octanol–water partition coefficient (Wildman–Crippen LogP) is 0.396. The molecule has 1 fully saturated rings. The molecule has 0 aromatic carbocycles. The van der Waals surface area contributed by atoms with Gasteiger partial charge < -0.3 is 14.7 Å². The first kappa shape index (κ1) is 11.5. The summed E-state index contributed by atoms with van der Waals surface area (Å²) < 4.78 is 5.38. The SMILES string of the molecule is CC(=O)N1CCCC1COCCCO. The van der Waals surface area contributed by atoms with Crippen LogP contribution in [0.5, 0.6) is 0 Å². The zero-order chi connectivity index (χ0) is 10.4. The number of nitrogens with zero attached hydrogens (tertiary/aromatic N) is 1. The minimum absolute atomic E-state index is 0.137. The van der Waals surface area contributed by atoms with Crippen LogP contribution in [-0.4, -0.2) is 48.3 Å². The number of hydrogen-bond donors (Lipinski definition) is 1. The molecule has 1 aliphatic rings. The summed E-state index contributed by atoms with van der Waals surface area (Å²) in [7, 11) is 0. The molecule has 0 aromatic heterocycles. The fourth-order valence-corrected chi connectivity index (χ4v) is 1.81. The zero-order valence-corrected chi connectivity index (χ0v) is 8.74. The molecule has 0 radical (unpaired) electrons. The van der Waals surface area contributed by atoms with E-state index in [1.165, 1.54) is 0 Å². The van der Waals surface area contributed by atoms with Crippen molar-refractivity contribution in [2.24, 2.45) is 0 Å². The summed E-state index contributed by atoms with van der Waals surface area (Å²) in [5, 5.41) is 8.55. The third kappa shape index (κ3) is 3.27. The minimum Gasteiger partial charge on any atom is -0.396 e. The summed E-state index contributed by atoms with van der Waals surface area (Å²) in [5.74, 6) is 0.137. The summed E-state index contributed by atoms with van der Waals surface area (Å²) in [6.07, 6.45) is 2.79. The first-order valence-corrected chi connectivity index (χ1v) is 5.21. The maximum absolute atomic E-state index is 11.2. The van der Waals surface area contributed by atoms with Gasteiger partial charge in [-0.1, -0.05) is 0 Å². The Morgan fingerprint density at radius 2 is 2.43 bits per heavy atom. The third-order valence-corrected chi connectivity index (χ3v) is 2.54. The van der Waals surface area contributed by atoms with Gasteiger partial charge in [0, 0.05) is 26.7 Å². The highest BCUT2D eigenvalue weighted by Crippen LogP contribution is 2.17. The van der Waals surface area contributed by atoms with Crippen molar-refractivity contribution in [1.82, 2.24) is 4.90 Å². The monoisotopic (exact) mass is 201 g/mol. The molecule has 0 bridgehead atoms. The van der Waals surface area contributed by atoms with E-state index in [0.717, 1.165) is 19.4 Å². The zero-order valence-electron chi connectivity index (χ0n) is 8.74. The second-order valence-electron chi connectivity index (χ2n) is 3.66. The lowest BCUT2D eigenvalue weighted by Crippen LogP contribution is -2.36. The van der Waals surface area contributed by atoms with Crippen molar-refractivity contribution >= 4 is 5.91 Å². The Balaban J connectivity index is 2.19. The van der Waals surface area contributed by atoms with E-state index in [0.29, 0.717) is 19.6 Å². The van der Waals surface area contributed by atoms with E-state index in [4.69, 9.17) is 9.84 Å². The number of aliphatic hydroxyl groups is 1. The van der Waals surface area contributed by atoms with Crippen LogP contribution in [0.25, 0.3) is 0 Å². The summed E-state index contributed by atoms with van der Waals surface area (Å²) in [6, 6.07) is 0.256. The van der Waals surface area contributed by atoms with Crippen LogP contribution >= 0.6 is 0 Å². The molecular formula is C10H19NO3. The van der Waals surface area contributed by atoms with Crippen molar-refractivity contribution in [3.63, 3.8) is 0 Å². The standard InChI is InChI=1S/C10H19NO3/c1-9(13)11-5-2-4-10(11)8-14-7-3-6-12/h10,12H,2-8H2,1H3. The number of ether oxygens (including phenoxy) is 1. The predicted molar refractivity (Wildman–Crippen MR) is 52.9 cm³/mol. The lowest BCUT2D eigenvalue weighted by molar-refractivity contribution is -0.130. The van der Waals surface area contributed by atoms with Gasteiger partial charge >= 0.3 is 0 Å². The molecule has 0 saturated carbocycles. The number of likely N-dealkylation sites (tertiary alicyclic amines) is 1. The molecule has 1 saturated heterocycles. The van der Waals surface area contributed by atoms with Crippen molar-refractivity contribution in [2.45, 2.75) is 32.2 Å². The Bertz CT molecular complexity index is 184. The van der Waals surface area contributed by atoms with Gasteiger partial charge in [-0.3, -0.25) is 4.79 Å². The summed E-state index contributed by atoms with van der Waals surface area (Å²) in [6.45, 7) is 3.83. The Morgan fingerprint density at radius 1 is 1.64 bits per heavy atom. The summed E-state index contributed by atoms with van der Waals surface area (Å²) in [4.78, 5) is 13.0. The van der Waals surface area contributed by atoms with Crippen LogP contribution in [0.1, 0.15) is 26.2 Å². The fraction of sp³-hybridized carbons (Fsp3) is 0.900. The minimum atomic E-state index is 0.137. The lowest BCUT2D eigenvalue weighted by Gasteiger charge is -2.22. The average molecular weight is 201 g/mol. The number of aliphatic hydroxyl groups excluding tert-OH is 1. The average Bonchev–Trinajstić information content (AvgIpc) is 2.60. The normalized spacial score (nSPS) is 21.6. The Kier molecular flexibility index (Phi) is 4.90. The van der Waals surface area contributed by atoms with Gasteiger partial charge in [0.05, 0.1) is 12.6 Å². The highest BCUT2D eigenvalue weighted by molar-refractivity contribution is 5.73. The molecule has 1 rings (SSSR count). The van der Waals surface area contributed by atoms with E-state index >= 15 is 0 Å². The van der Waals surface area contributed by atoms with Gasteiger partial charge in [0.2, 0.25) is 5.91 Å². The van der Waals surface area contributed by atoms with Gasteiger partial charge in [0.1, 0.15) is 0 Å². The highest BCUT2D eigenvalue weighted by Gasteiger charge is 2.26. The van der Waals surface area contributed by atoms with E-state index in [-0.39, 0.29) is 18.6 Å². The van der Waals surface area contributed by atoms with Crippen LogP contribution in [-0.2, 0) is 9.53 Å². The molecular weight excluding hydrogens is 182 g/mol. The Hall–Kier alpha value is -0.610. The van der Waals surface area contributed by atoms with Crippen LogP contribution in [0.4, 0.5) is 0 Å². The van der Waals surface area contributed by atoms with Gasteiger partial charge in [-0.25, -0.2) is 0 Å². The lowest BCUT2D eigenvalue weighted by atomic mass is 10.2. The Labute approximate surface area is 84.8 Å². The van der Waals surface area contributed by atoms with Gasteiger partial charge in [-0.15, -0.1) is 0 Å². The van der Waals surface area contributed by atoms with E-state index in [1.54, 1.807) is 6.92 Å². The van der Waals surface area contributed by atoms with E-state index in [1.807, 2.05) is 4.90 Å². The molecule has 0 aromatic rings. The molecule has 82 valence electrons. The molecule has 14 heavy (non-hydrogen) atoms. The fourth-order valence-electron chi connectivity index (χ4n) is 1.81. The van der Waals surface area contributed by atoms with Crippen LogP contribution in [0, 0.1) is 0 Å². The van der Waals surface area contributed by atoms with Gasteiger partial charge in [-0.2, -0.15) is 0 Å². The molecule has 0 aliphatic carbocycles. The van der Waals surface area contributed by atoms with Gasteiger partial charge in [0.15, 0.2) is 0 Å². The van der Waals surface area contributed by atoms with Gasteiger partial charge in [0.25, 0.3) is 0 Å². The largest absolute Gasteiger partial charge is 0.396 e. The smallest absolute Gasteiger partial charge is 0.219 e. The summed E-state index contributed by atoms with van der Waals surface area (Å²) in [5.41, 5.74) is 0. The van der Waals surface area contributed by atoms with Crippen molar-refractivity contribution in [3.05, 3.63) is 0 Å². The highest BCUT2D eigenvalue weighted by atomic mass is 16.5. The number of carbonyl (C=O) groups is 1. The first-order chi connectivity index (χ1) is 6.75. The third-order valence-electron chi connectivity index (χ3n) is 2.54. The molecule has 1 N–H and O–H groups in total. The number of rotatable bonds is 5. The van der Waals surface area contributed by atoms with Crippen LogP contribution in [0.2, 0.25) is 0 Å².